The fourth-order valence-corrected chi connectivity index (χ4v) is 3.08. The molecule has 1 N–H and O–H groups in total. The summed E-state index contributed by atoms with van der Waals surface area (Å²) in [6.07, 6.45) is 1.50. The van der Waals surface area contributed by atoms with Gasteiger partial charge in [-0.25, -0.2) is 4.79 Å². The Kier molecular flexibility index (Phi) is 7.38. The van der Waals surface area contributed by atoms with Gasteiger partial charge in [-0.1, -0.05) is 18.2 Å². The molecule has 2 aromatic rings. The van der Waals surface area contributed by atoms with Crippen LogP contribution < -0.4 is 19.5 Å². The fourth-order valence-electron chi connectivity index (χ4n) is 3.08. The second-order valence-electron chi connectivity index (χ2n) is 6.54. The Balaban J connectivity index is 1.99. The summed E-state index contributed by atoms with van der Waals surface area (Å²) in [5.74, 6) is -0.0603. The molecule has 0 unspecified atom stereocenters. The summed E-state index contributed by atoms with van der Waals surface area (Å²) in [4.78, 5) is 25.5. The van der Waals surface area contributed by atoms with Gasteiger partial charge in [0, 0.05) is 5.69 Å². The van der Waals surface area contributed by atoms with Crippen molar-refractivity contribution in [1.82, 2.24) is 0 Å². The number of ketones is 1. The van der Waals surface area contributed by atoms with Crippen molar-refractivity contribution in [3.8, 4) is 17.2 Å². The fraction of sp³-hybridized carbons (Fsp3) is 0.250. The highest BCUT2D eigenvalue weighted by atomic mass is 16.5. The number of allylic oxidation sites excluding steroid dienone is 1. The first-order valence-corrected chi connectivity index (χ1v) is 10.1. The summed E-state index contributed by atoms with van der Waals surface area (Å²) < 4.78 is 27.2. The lowest BCUT2D eigenvalue weighted by Crippen LogP contribution is -2.16. The molecule has 32 heavy (non-hydrogen) atoms. The van der Waals surface area contributed by atoms with Crippen LogP contribution in [0.3, 0.4) is 0 Å². The normalized spacial score (nSPS) is 14.2. The van der Waals surface area contributed by atoms with E-state index in [-0.39, 0.29) is 23.8 Å². The lowest BCUT2D eigenvalue weighted by molar-refractivity contribution is -0.139. The number of nitrogens with one attached hydrogen (secondary N) is 1. The van der Waals surface area contributed by atoms with Crippen molar-refractivity contribution < 1.29 is 33.3 Å². The van der Waals surface area contributed by atoms with Gasteiger partial charge in [0.1, 0.15) is 0 Å². The number of hydrogen-bond donors (Lipinski definition) is 1. The van der Waals surface area contributed by atoms with Gasteiger partial charge in [-0.3, -0.25) is 4.79 Å². The SMILES string of the molecule is CCOC(=O)C1=C(Nc2ccccc2)O/C(=C/c2cc(OC)c(OCC)c(OC)c2)C1=O. The quantitative estimate of drug-likeness (QED) is 0.357. The van der Waals surface area contributed by atoms with Gasteiger partial charge in [-0.15, -0.1) is 0 Å². The average Bonchev–Trinajstić information content (AvgIpc) is 3.09. The van der Waals surface area contributed by atoms with Gasteiger partial charge in [0.2, 0.25) is 17.4 Å². The number of para-hydroxylation sites is 1. The van der Waals surface area contributed by atoms with E-state index in [2.05, 4.69) is 5.32 Å². The Hall–Kier alpha value is -3.94. The predicted molar refractivity (Wildman–Crippen MR) is 119 cm³/mol. The standard InChI is InChI=1S/C24H25NO7/c1-5-30-22-18(28-3)13-15(14-19(22)29-4)12-17-21(26)20(24(27)31-6-2)23(32-17)25-16-10-8-7-9-11-16/h7-14,25H,5-6H2,1-4H3/b17-12+. The number of esters is 1. The highest BCUT2D eigenvalue weighted by Crippen LogP contribution is 2.39. The van der Waals surface area contributed by atoms with E-state index in [1.165, 1.54) is 20.3 Å². The molecule has 0 bridgehead atoms. The zero-order valence-corrected chi connectivity index (χ0v) is 18.4. The molecule has 0 amide bonds. The van der Waals surface area contributed by atoms with Crippen LogP contribution in [-0.4, -0.2) is 39.2 Å². The first-order chi connectivity index (χ1) is 15.5. The Morgan fingerprint density at radius 3 is 2.25 bits per heavy atom. The van der Waals surface area contributed by atoms with Crippen molar-refractivity contribution in [1.29, 1.82) is 0 Å². The Morgan fingerprint density at radius 1 is 1.03 bits per heavy atom. The second kappa shape index (κ2) is 10.4. The largest absolute Gasteiger partial charge is 0.493 e. The molecular formula is C24H25NO7. The Labute approximate surface area is 186 Å². The molecule has 1 heterocycles. The monoisotopic (exact) mass is 439 g/mol. The van der Waals surface area contributed by atoms with Gasteiger partial charge in [0.25, 0.3) is 0 Å². The molecule has 2 aromatic carbocycles. The van der Waals surface area contributed by atoms with Crippen molar-refractivity contribution in [2.75, 3.05) is 32.8 Å². The van der Waals surface area contributed by atoms with E-state index in [4.69, 9.17) is 23.7 Å². The molecule has 3 rings (SSSR count). The Morgan fingerprint density at radius 2 is 1.69 bits per heavy atom. The van der Waals surface area contributed by atoms with Crippen molar-refractivity contribution in [3.05, 3.63) is 65.2 Å². The number of methoxy groups -OCH3 is 2. The number of ether oxygens (including phenoxy) is 5. The van der Waals surface area contributed by atoms with Crippen LogP contribution in [0.1, 0.15) is 19.4 Å². The summed E-state index contributed by atoms with van der Waals surface area (Å²) in [5.41, 5.74) is 1.02. The number of carbonyl (C=O) groups excluding carboxylic acids is 2. The van der Waals surface area contributed by atoms with Crippen molar-refractivity contribution in [2.45, 2.75) is 13.8 Å². The van der Waals surface area contributed by atoms with Crippen molar-refractivity contribution in [2.24, 2.45) is 0 Å². The van der Waals surface area contributed by atoms with E-state index < -0.39 is 11.8 Å². The van der Waals surface area contributed by atoms with E-state index in [1.807, 2.05) is 25.1 Å². The van der Waals surface area contributed by atoms with Gasteiger partial charge >= 0.3 is 5.97 Å². The molecule has 168 valence electrons. The third-order valence-corrected chi connectivity index (χ3v) is 4.47. The van der Waals surface area contributed by atoms with Gasteiger partial charge in [-0.05, 0) is 49.8 Å². The maximum atomic E-state index is 13.0. The number of hydrogen-bond acceptors (Lipinski definition) is 8. The molecule has 1 aliphatic rings. The number of benzene rings is 2. The molecule has 0 saturated heterocycles. The molecule has 0 aliphatic carbocycles. The summed E-state index contributed by atoms with van der Waals surface area (Å²) in [6, 6.07) is 12.4. The van der Waals surface area contributed by atoms with Crippen molar-refractivity contribution >= 4 is 23.5 Å². The topological polar surface area (TPSA) is 92.3 Å². The molecule has 0 saturated carbocycles. The van der Waals surface area contributed by atoms with E-state index >= 15 is 0 Å². The third-order valence-electron chi connectivity index (χ3n) is 4.47. The predicted octanol–water partition coefficient (Wildman–Crippen LogP) is 3.93. The molecule has 1 aliphatic heterocycles. The zero-order valence-electron chi connectivity index (χ0n) is 18.4. The number of rotatable bonds is 9. The highest BCUT2D eigenvalue weighted by Gasteiger charge is 2.37. The van der Waals surface area contributed by atoms with Crippen LogP contribution in [0.5, 0.6) is 17.2 Å². The van der Waals surface area contributed by atoms with Crippen LogP contribution in [0.25, 0.3) is 6.08 Å². The highest BCUT2D eigenvalue weighted by molar-refractivity contribution is 6.26. The molecule has 8 nitrogen and oxygen atoms in total. The maximum absolute atomic E-state index is 13.0. The summed E-state index contributed by atoms with van der Waals surface area (Å²) >= 11 is 0. The minimum Gasteiger partial charge on any atom is -0.493 e. The molecule has 0 atom stereocenters. The number of anilines is 1. The zero-order chi connectivity index (χ0) is 23.1. The summed E-state index contributed by atoms with van der Waals surface area (Å²) in [7, 11) is 3.02. The first kappa shape index (κ1) is 22.7. The third kappa shape index (κ3) is 4.85. The van der Waals surface area contributed by atoms with Gasteiger partial charge in [0.05, 0.1) is 27.4 Å². The maximum Gasteiger partial charge on any atom is 0.347 e. The molecule has 0 fully saturated rings. The number of Topliss-reactive ketones (excluding diaryl/α,β-unsaturated/α-hetero) is 1. The second-order valence-corrected chi connectivity index (χ2v) is 6.54. The van der Waals surface area contributed by atoms with Crippen molar-refractivity contribution in [3.63, 3.8) is 0 Å². The van der Waals surface area contributed by atoms with Gasteiger partial charge in [-0.2, -0.15) is 0 Å². The van der Waals surface area contributed by atoms with E-state index in [9.17, 15) is 9.59 Å². The number of carbonyl (C=O) groups is 2. The summed E-state index contributed by atoms with van der Waals surface area (Å²) in [6.45, 7) is 4.07. The molecule has 0 spiro atoms. The van der Waals surface area contributed by atoms with Crippen LogP contribution in [0.4, 0.5) is 5.69 Å². The minimum atomic E-state index is -0.763. The van der Waals surface area contributed by atoms with Gasteiger partial charge in [0.15, 0.2) is 22.8 Å². The molecule has 0 aromatic heterocycles. The van der Waals surface area contributed by atoms with Gasteiger partial charge < -0.3 is 29.0 Å². The smallest absolute Gasteiger partial charge is 0.347 e. The molecule has 8 heteroatoms. The minimum absolute atomic E-state index is 0.00997. The van der Waals surface area contributed by atoms with Crippen LogP contribution in [-0.2, 0) is 19.1 Å². The molecule has 0 radical (unpaired) electrons. The van der Waals surface area contributed by atoms with Crippen LogP contribution >= 0.6 is 0 Å². The lowest BCUT2D eigenvalue weighted by atomic mass is 10.1. The van der Waals surface area contributed by atoms with E-state index in [1.54, 1.807) is 31.2 Å². The average molecular weight is 439 g/mol. The lowest BCUT2D eigenvalue weighted by Gasteiger charge is -2.14. The molecular weight excluding hydrogens is 414 g/mol. The first-order valence-electron chi connectivity index (χ1n) is 10.1. The summed E-state index contributed by atoms with van der Waals surface area (Å²) in [5, 5.41) is 2.97. The van der Waals surface area contributed by atoms with E-state index in [0.29, 0.717) is 35.1 Å². The van der Waals surface area contributed by atoms with E-state index in [0.717, 1.165) is 0 Å². The van der Waals surface area contributed by atoms with Crippen LogP contribution in [0.15, 0.2) is 59.7 Å². The van der Waals surface area contributed by atoms with Crippen LogP contribution in [0, 0.1) is 0 Å². The Bertz CT molecular complexity index is 1030. The van der Waals surface area contributed by atoms with Crippen LogP contribution in [0.2, 0.25) is 0 Å².